The molecule has 0 aliphatic carbocycles. The van der Waals surface area contributed by atoms with Gasteiger partial charge in [0.25, 0.3) is 0 Å². The number of hydrogen-bond donors (Lipinski definition) is 2. The van der Waals surface area contributed by atoms with E-state index in [4.69, 9.17) is 0 Å². The second-order valence-electron chi connectivity index (χ2n) is 2.47. The fourth-order valence-electron chi connectivity index (χ4n) is 1.15. The molecule has 1 fully saturated rings. The lowest BCUT2D eigenvalue weighted by Crippen LogP contribution is -3.09. The summed E-state index contributed by atoms with van der Waals surface area (Å²) in [5.74, 6) is -0.101. The van der Waals surface area contributed by atoms with Crippen molar-refractivity contribution in [3.63, 3.8) is 0 Å². The molecular weight excluding hydrogens is 132 g/mol. The normalized spacial score (nSPS) is 25.9. The van der Waals surface area contributed by atoms with Crippen molar-refractivity contribution < 1.29 is 20.2 Å². The summed E-state index contributed by atoms with van der Waals surface area (Å²) in [4.78, 5) is 10.9. The summed E-state index contributed by atoms with van der Waals surface area (Å²) in [5.41, 5.74) is 0. The van der Waals surface area contributed by atoms with Crippen LogP contribution in [0.5, 0.6) is 0 Å². The Labute approximate surface area is 59.9 Å². The summed E-state index contributed by atoms with van der Waals surface area (Å²) in [7, 11) is 1.44. The molecule has 0 aromatic rings. The van der Waals surface area contributed by atoms with E-state index in [0.717, 1.165) is 19.6 Å². The zero-order valence-corrected chi connectivity index (χ0v) is 6.17. The lowest BCUT2D eigenvalue weighted by Gasteiger charge is -2.15. The topological polar surface area (TPSA) is 59.5 Å². The molecule has 1 saturated heterocycles. The highest BCUT2D eigenvalue weighted by Gasteiger charge is 2.27. The predicted molar refractivity (Wildman–Crippen MR) is 34.3 cm³/mol. The molecule has 1 aliphatic rings. The lowest BCUT2D eigenvalue weighted by molar-refractivity contribution is -0.802. The first-order valence-electron chi connectivity index (χ1n) is 3.57. The zero-order valence-electron chi connectivity index (χ0n) is 6.17. The third-order valence-electron chi connectivity index (χ3n) is 1.75. The van der Waals surface area contributed by atoms with E-state index in [2.05, 4.69) is 10.1 Å². The molecule has 4 nitrogen and oxygen atoms in total. The molecule has 0 aromatic heterocycles. The van der Waals surface area contributed by atoms with Crippen LogP contribution in [0.2, 0.25) is 0 Å². The summed E-state index contributed by atoms with van der Waals surface area (Å²) in [6.07, 6.45) is 0. The number of piperazine rings is 1. The molecule has 4 N–H and O–H groups in total. The van der Waals surface area contributed by atoms with Crippen LogP contribution in [0.15, 0.2) is 0 Å². The maximum atomic E-state index is 10.9. The summed E-state index contributed by atoms with van der Waals surface area (Å²) in [6, 6.07) is 0.0266. The van der Waals surface area contributed by atoms with Gasteiger partial charge in [-0.25, -0.2) is 4.79 Å². The van der Waals surface area contributed by atoms with E-state index in [1.54, 1.807) is 0 Å². The van der Waals surface area contributed by atoms with Crippen LogP contribution in [0.25, 0.3) is 0 Å². The van der Waals surface area contributed by atoms with Gasteiger partial charge >= 0.3 is 5.97 Å². The fraction of sp³-hybridized carbons (Fsp3) is 0.833. The molecule has 0 aromatic carbocycles. The highest BCUT2D eigenvalue weighted by Crippen LogP contribution is 1.77. The van der Waals surface area contributed by atoms with Gasteiger partial charge in [-0.3, -0.25) is 0 Å². The van der Waals surface area contributed by atoms with Crippen LogP contribution >= 0.6 is 0 Å². The minimum atomic E-state index is -0.101. The maximum absolute atomic E-state index is 10.9. The summed E-state index contributed by atoms with van der Waals surface area (Å²) < 4.78 is 4.60. The largest absolute Gasteiger partial charge is 0.464 e. The van der Waals surface area contributed by atoms with Crippen LogP contribution in [-0.2, 0) is 9.53 Å². The molecule has 0 saturated carbocycles. The van der Waals surface area contributed by atoms with Gasteiger partial charge in [0.15, 0.2) is 0 Å². The third-order valence-corrected chi connectivity index (χ3v) is 1.75. The average Bonchev–Trinajstić information content (AvgIpc) is 2.05. The van der Waals surface area contributed by atoms with Gasteiger partial charge in [0.2, 0.25) is 6.04 Å². The van der Waals surface area contributed by atoms with Gasteiger partial charge in [-0.05, 0) is 0 Å². The smallest absolute Gasteiger partial charge is 0.370 e. The van der Waals surface area contributed by atoms with E-state index in [9.17, 15) is 4.79 Å². The van der Waals surface area contributed by atoms with Gasteiger partial charge < -0.3 is 15.4 Å². The van der Waals surface area contributed by atoms with Gasteiger partial charge in [-0.1, -0.05) is 0 Å². The molecule has 0 spiro atoms. The van der Waals surface area contributed by atoms with Gasteiger partial charge in [0.05, 0.1) is 7.11 Å². The molecule has 0 bridgehead atoms. The van der Waals surface area contributed by atoms with Gasteiger partial charge in [-0.15, -0.1) is 0 Å². The van der Waals surface area contributed by atoms with Crippen molar-refractivity contribution in [2.24, 2.45) is 0 Å². The number of methoxy groups -OCH3 is 1. The fourth-order valence-corrected chi connectivity index (χ4v) is 1.15. The number of esters is 1. The van der Waals surface area contributed by atoms with Crippen molar-refractivity contribution in [1.29, 1.82) is 0 Å². The lowest BCUT2D eigenvalue weighted by atomic mass is 10.2. The SMILES string of the molecule is COC(=O)[C@H]1C[NH2+]CC[NH2+]1. The molecule has 1 aliphatic heterocycles. The maximum Gasteiger partial charge on any atom is 0.370 e. The minimum absolute atomic E-state index is 0.0266. The van der Waals surface area contributed by atoms with Crippen LogP contribution in [-0.4, -0.2) is 38.8 Å². The van der Waals surface area contributed by atoms with Crippen molar-refractivity contribution in [2.45, 2.75) is 6.04 Å². The number of hydrogen-bond acceptors (Lipinski definition) is 2. The Morgan fingerprint density at radius 2 is 2.40 bits per heavy atom. The Morgan fingerprint density at radius 1 is 1.60 bits per heavy atom. The van der Waals surface area contributed by atoms with Gasteiger partial charge in [0.1, 0.15) is 19.6 Å². The quantitative estimate of drug-likeness (QED) is 0.380. The first-order chi connectivity index (χ1) is 4.84. The summed E-state index contributed by atoms with van der Waals surface area (Å²) in [5, 5.41) is 4.17. The molecule has 0 radical (unpaired) electrons. The Morgan fingerprint density at radius 3 is 2.90 bits per heavy atom. The summed E-state index contributed by atoms with van der Waals surface area (Å²) >= 11 is 0. The van der Waals surface area contributed by atoms with Crippen LogP contribution in [0, 0.1) is 0 Å². The molecule has 0 unspecified atom stereocenters. The van der Waals surface area contributed by atoms with E-state index in [1.807, 2.05) is 5.32 Å². The van der Waals surface area contributed by atoms with Crippen molar-refractivity contribution in [1.82, 2.24) is 0 Å². The van der Waals surface area contributed by atoms with Gasteiger partial charge in [-0.2, -0.15) is 0 Å². The Kier molecular flexibility index (Phi) is 2.65. The molecule has 4 heteroatoms. The number of quaternary nitrogens is 2. The molecule has 58 valence electrons. The van der Waals surface area contributed by atoms with Crippen LogP contribution in [0.4, 0.5) is 0 Å². The Bertz CT molecular complexity index is 121. The van der Waals surface area contributed by atoms with E-state index in [-0.39, 0.29) is 12.0 Å². The molecule has 1 atom stereocenters. The van der Waals surface area contributed by atoms with E-state index in [0.29, 0.717) is 0 Å². The second kappa shape index (κ2) is 3.53. The van der Waals surface area contributed by atoms with E-state index < -0.39 is 0 Å². The number of carbonyl (C=O) groups excluding carboxylic acids is 1. The predicted octanol–water partition coefficient (Wildman–Crippen LogP) is -3.33. The summed E-state index contributed by atoms with van der Waals surface area (Å²) in [6.45, 7) is 2.97. The number of ether oxygens (including phenoxy) is 1. The minimum Gasteiger partial charge on any atom is -0.464 e. The molecule has 10 heavy (non-hydrogen) atoms. The van der Waals surface area contributed by atoms with E-state index in [1.165, 1.54) is 7.11 Å². The average molecular weight is 146 g/mol. The van der Waals surface area contributed by atoms with Crippen LogP contribution < -0.4 is 10.6 Å². The molecule has 1 heterocycles. The highest BCUT2D eigenvalue weighted by atomic mass is 16.5. The second-order valence-corrected chi connectivity index (χ2v) is 2.47. The number of rotatable bonds is 1. The van der Waals surface area contributed by atoms with Crippen molar-refractivity contribution >= 4 is 5.97 Å². The zero-order chi connectivity index (χ0) is 7.40. The van der Waals surface area contributed by atoms with Crippen LogP contribution in [0.1, 0.15) is 0 Å². The monoisotopic (exact) mass is 146 g/mol. The standard InChI is InChI=1S/C6H12N2O2/c1-10-6(9)5-4-7-2-3-8-5/h5,7-8H,2-4H2,1H3/p+2/t5-/m1/s1. The van der Waals surface area contributed by atoms with Crippen molar-refractivity contribution in [3.05, 3.63) is 0 Å². The van der Waals surface area contributed by atoms with Gasteiger partial charge in [0, 0.05) is 0 Å². The Hall–Kier alpha value is -0.610. The van der Waals surface area contributed by atoms with Crippen LogP contribution in [0.3, 0.4) is 0 Å². The molecule has 0 amide bonds. The van der Waals surface area contributed by atoms with Crippen molar-refractivity contribution in [3.8, 4) is 0 Å². The number of nitrogens with two attached hydrogens (primary N) is 2. The number of carbonyl (C=O) groups is 1. The molecule has 1 rings (SSSR count). The molecular formula is C6H14N2O2+2. The first-order valence-corrected chi connectivity index (χ1v) is 3.57. The van der Waals surface area contributed by atoms with E-state index >= 15 is 0 Å². The first kappa shape index (κ1) is 7.50. The van der Waals surface area contributed by atoms with Crippen molar-refractivity contribution in [2.75, 3.05) is 26.7 Å². The third kappa shape index (κ3) is 1.68. The Balaban J connectivity index is 2.31. The highest BCUT2D eigenvalue weighted by molar-refractivity contribution is 5.73.